The summed E-state index contributed by atoms with van der Waals surface area (Å²) < 4.78 is 44.7. The first kappa shape index (κ1) is 20.9. The zero-order valence-electron chi connectivity index (χ0n) is 14.5. The van der Waals surface area contributed by atoms with E-state index in [-0.39, 0.29) is 17.4 Å². The van der Waals surface area contributed by atoms with Crippen molar-refractivity contribution in [3.63, 3.8) is 0 Å². The maximum Gasteiger partial charge on any atom is 0.387 e. The van der Waals surface area contributed by atoms with Gasteiger partial charge in [0.05, 0.1) is 20.3 Å². The van der Waals surface area contributed by atoms with Gasteiger partial charge in [0, 0.05) is 38.9 Å². The van der Waals surface area contributed by atoms with E-state index < -0.39 is 6.61 Å². The molecule has 0 aliphatic carbocycles. The number of ether oxygens (including phenoxy) is 4. The van der Waals surface area contributed by atoms with Crippen molar-refractivity contribution in [2.45, 2.75) is 6.61 Å². The van der Waals surface area contributed by atoms with Crippen LogP contribution < -0.4 is 9.47 Å². The maximum absolute atomic E-state index is 12.6. The third-order valence-electron chi connectivity index (χ3n) is 3.28. The number of alkyl halides is 2. The van der Waals surface area contributed by atoms with Crippen molar-refractivity contribution in [3.8, 4) is 11.5 Å². The lowest BCUT2D eigenvalue weighted by Crippen LogP contribution is -2.35. The SMILES string of the molecule is COCCN(CCOC)C(=O)/C=C/c1cccc(OC)c1OC(F)F. The second-order valence-corrected chi connectivity index (χ2v) is 4.90. The second-order valence-electron chi connectivity index (χ2n) is 4.90. The Kier molecular flexibility index (Phi) is 9.49. The smallest absolute Gasteiger partial charge is 0.387 e. The van der Waals surface area contributed by atoms with Crippen molar-refractivity contribution >= 4 is 12.0 Å². The van der Waals surface area contributed by atoms with E-state index in [2.05, 4.69) is 4.74 Å². The largest absolute Gasteiger partial charge is 0.493 e. The number of methoxy groups -OCH3 is 3. The number of carbonyl (C=O) groups is 1. The van der Waals surface area contributed by atoms with Crippen molar-refractivity contribution in [1.29, 1.82) is 0 Å². The number of hydrogen-bond acceptors (Lipinski definition) is 5. The topological polar surface area (TPSA) is 57.2 Å². The van der Waals surface area contributed by atoms with E-state index in [1.807, 2.05) is 0 Å². The fraction of sp³-hybridized carbons (Fsp3) is 0.471. The van der Waals surface area contributed by atoms with Crippen molar-refractivity contribution in [3.05, 3.63) is 29.8 Å². The summed E-state index contributed by atoms with van der Waals surface area (Å²) in [6.07, 6.45) is 2.70. The predicted octanol–water partition coefficient (Wildman–Crippen LogP) is 2.43. The van der Waals surface area contributed by atoms with Crippen LogP contribution in [0.1, 0.15) is 5.56 Å². The number of hydrogen-bond donors (Lipinski definition) is 0. The van der Waals surface area contributed by atoms with Gasteiger partial charge in [-0.2, -0.15) is 8.78 Å². The molecule has 0 radical (unpaired) electrons. The van der Waals surface area contributed by atoms with Crippen LogP contribution in [0.3, 0.4) is 0 Å². The Labute approximate surface area is 145 Å². The monoisotopic (exact) mass is 359 g/mol. The summed E-state index contributed by atoms with van der Waals surface area (Å²) in [5, 5.41) is 0. The molecule has 0 fully saturated rings. The first-order valence-corrected chi connectivity index (χ1v) is 7.60. The molecule has 0 spiro atoms. The van der Waals surface area contributed by atoms with Crippen LogP contribution in [-0.2, 0) is 14.3 Å². The quantitative estimate of drug-likeness (QED) is 0.568. The molecule has 1 aromatic carbocycles. The van der Waals surface area contributed by atoms with Crippen LogP contribution in [-0.4, -0.2) is 65.1 Å². The van der Waals surface area contributed by atoms with E-state index in [9.17, 15) is 13.6 Å². The van der Waals surface area contributed by atoms with Gasteiger partial charge < -0.3 is 23.8 Å². The summed E-state index contributed by atoms with van der Waals surface area (Å²) in [5.74, 6) is -0.255. The van der Waals surface area contributed by atoms with E-state index in [4.69, 9.17) is 14.2 Å². The molecule has 8 heteroatoms. The Morgan fingerprint density at radius 2 is 1.80 bits per heavy atom. The molecule has 0 atom stereocenters. The Balaban J connectivity index is 2.95. The number of amides is 1. The van der Waals surface area contributed by atoms with Gasteiger partial charge in [0.2, 0.25) is 5.91 Å². The molecule has 0 aromatic heterocycles. The average Bonchev–Trinajstić information content (AvgIpc) is 2.60. The molecule has 25 heavy (non-hydrogen) atoms. The number of nitrogens with zero attached hydrogens (tertiary/aromatic N) is 1. The predicted molar refractivity (Wildman–Crippen MR) is 89.0 cm³/mol. The van der Waals surface area contributed by atoms with Crippen LogP contribution >= 0.6 is 0 Å². The Morgan fingerprint density at radius 3 is 2.32 bits per heavy atom. The molecule has 1 rings (SSSR count). The third-order valence-corrected chi connectivity index (χ3v) is 3.28. The van der Waals surface area contributed by atoms with Crippen molar-refractivity contribution < 1.29 is 32.5 Å². The summed E-state index contributed by atoms with van der Waals surface area (Å²) in [6, 6.07) is 4.67. The van der Waals surface area contributed by atoms with Gasteiger partial charge in [0.15, 0.2) is 11.5 Å². The summed E-state index contributed by atoms with van der Waals surface area (Å²) in [6.45, 7) is -1.47. The van der Waals surface area contributed by atoms with Gasteiger partial charge in [0.25, 0.3) is 0 Å². The number of benzene rings is 1. The maximum atomic E-state index is 12.6. The Morgan fingerprint density at radius 1 is 1.16 bits per heavy atom. The Hall–Kier alpha value is -2.19. The highest BCUT2D eigenvalue weighted by molar-refractivity contribution is 5.92. The summed E-state index contributed by atoms with van der Waals surface area (Å²) in [7, 11) is 4.43. The lowest BCUT2D eigenvalue weighted by molar-refractivity contribution is -0.127. The highest BCUT2D eigenvalue weighted by atomic mass is 19.3. The van der Waals surface area contributed by atoms with Gasteiger partial charge in [-0.15, -0.1) is 0 Å². The lowest BCUT2D eigenvalue weighted by Gasteiger charge is -2.20. The molecule has 1 aromatic rings. The Bertz CT molecular complexity index is 558. The third kappa shape index (κ3) is 7.06. The van der Waals surface area contributed by atoms with Crippen molar-refractivity contribution in [2.24, 2.45) is 0 Å². The van der Waals surface area contributed by atoms with Gasteiger partial charge in [-0.05, 0) is 12.1 Å². The lowest BCUT2D eigenvalue weighted by atomic mass is 10.1. The standard InChI is InChI=1S/C17H23F2NO5/c1-22-11-9-20(10-12-23-2)15(21)8-7-13-5-4-6-14(24-3)16(13)25-17(18)19/h4-8,17H,9-12H2,1-3H3/b8-7+. The fourth-order valence-corrected chi connectivity index (χ4v) is 2.04. The molecule has 0 aliphatic rings. The molecule has 0 bridgehead atoms. The fourth-order valence-electron chi connectivity index (χ4n) is 2.04. The summed E-state index contributed by atoms with van der Waals surface area (Å²) >= 11 is 0. The van der Waals surface area contributed by atoms with E-state index in [0.717, 1.165) is 0 Å². The van der Waals surface area contributed by atoms with Gasteiger partial charge in [-0.25, -0.2) is 0 Å². The second kappa shape index (κ2) is 11.4. The molecule has 1 amide bonds. The van der Waals surface area contributed by atoms with Crippen LogP contribution in [0, 0.1) is 0 Å². The van der Waals surface area contributed by atoms with Crippen LogP contribution in [0.4, 0.5) is 8.78 Å². The van der Waals surface area contributed by atoms with E-state index >= 15 is 0 Å². The average molecular weight is 359 g/mol. The van der Waals surface area contributed by atoms with E-state index in [1.54, 1.807) is 26.4 Å². The zero-order valence-corrected chi connectivity index (χ0v) is 14.5. The van der Waals surface area contributed by atoms with Crippen LogP contribution in [0.15, 0.2) is 24.3 Å². The number of rotatable bonds is 11. The summed E-state index contributed by atoms with van der Waals surface area (Å²) in [5.41, 5.74) is 0.312. The van der Waals surface area contributed by atoms with E-state index in [0.29, 0.717) is 31.9 Å². The number of halogens is 2. The molecule has 0 saturated heterocycles. The van der Waals surface area contributed by atoms with Crippen molar-refractivity contribution in [1.82, 2.24) is 4.90 Å². The van der Waals surface area contributed by atoms with Gasteiger partial charge in [-0.1, -0.05) is 12.1 Å². The molecular formula is C17H23F2NO5. The molecule has 6 nitrogen and oxygen atoms in total. The van der Waals surface area contributed by atoms with Gasteiger partial charge >= 0.3 is 6.61 Å². The normalized spacial score (nSPS) is 11.1. The van der Waals surface area contributed by atoms with E-state index in [1.165, 1.54) is 30.2 Å². The molecular weight excluding hydrogens is 336 g/mol. The molecule has 0 N–H and O–H groups in total. The summed E-state index contributed by atoms with van der Waals surface area (Å²) in [4.78, 5) is 13.9. The zero-order chi connectivity index (χ0) is 18.7. The minimum Gasteiger partial charge on any atom is -0.493 e. The highest BCUT2D eigenvalue weighted by Crippen LogP contribution is 2.33. The van der Waals surface area contributed by atoms with Crippen LogP contribution in [0.25, 0.3) is 6.08 Å². The minimum absolute atomic E-state index is 0.121. The van der Waals surface area contributed by atoms with Gasteiger partial charge in [0.1, 0.15) is 0 Å². The first-order valence-electron chi connectivity index (χ1n) is 7.60. The highest BCUT2D eigenvalue weighted by Gasteiger charge is 2.15. The molecule has 0 heterocycles. The molecule has 0 unspecified atom stereocenters. The number of carbonyl (C=O) groups excluding carboxylic acids is 1. The minimum atomic E-state index is -3.00. The first-order chi connectivity index (χ1) is 12.0. The van der Waals surface area contributed by atoms with Crippen LogP contribution in [0.2, 0.25) is 0 Å². The molecule has 0 aliphatic heterocycles. The van der Waals surface area contributed by atoms with Gasteiger partial charge in [-0.3, -0.25) is 4.79 Å². The molecule has 0 saturated carbocycles. The van der Waals surface area contributed by atoms with Crippen LogP contribution in [0.5, 0.6) is 11.5 Å². The van der Waals surface area contributed by atoms with Crippen molar-refractivity contribution in [2.75, 3.05) is 47.6 Å². The molecule has 140 valence electrons. The number of para-hydroxylation sites is 1.